The van der Waals surface area contributed by atoms with Crippen LogP contribution in [0.4, 0.5) is 22.7 Å². The highest BCUT2D eigenvalue weighted by molar-refractivity contribution is 7.00. The van der Waals surface area contributed by atoms with Gasteiger partial charge in [0, 0.05) is 23.5 Å². The monoisotopic (exact) mass is 321 g/mol. The molecule has 0 fully saturated rings. The lowest BCUT2D eigenvalue weighted by molar-refractivity contribution is -0.384. The van der Waals surface area contributed by atoms with Gasteiger partial charge in [0.25, 0.3) is 5.69 Å². The highest BCUT2D eigenvalue weighted by Gasteiger charge is 2.13. The summed E-state index contributed by atoms with van der Waals surface area (Å²) in [6.45, 7) is 0. The lowest BCUT2D eigenvalue weighted by Gasteiger charge is -2.09. The molecule has 0 radical (unpaired) electrons. The van der Waals surface area contributed by atoms with Crippen LogP contribution in [0.25, 0.3) is 11.0 Å². The summed E-state index contributed by atoms with van der Waals surface area (Å²) in [7, 11) is 0. The highest BCUT2D eigenvalue weighted by Crippen LogP contribution is 2.34. The summed E-state index contributed by atoms with van der Waals surface area (Å²) in [5, 5.41) is 14.3. The van der Waals surface area contributed by atoms with Crippen LogP contribution < -0.4 is 11.1 Å². The van der Waals surface area contributed by atoms with Gasteiger partial charge < -0.3 is 11.1 Å². The average Bonchev–Trinajstić information content (AvgIpc) is 2.90. The molecule has 3 aromatic rings. The summed E-state index contributed by atoms with van der Waals surface area (Å²) in [5.74, 6) is 0. The van der Waals surface area contributed by atoms with Gasteiger partial charge >= 0.3 is 0 Å². The van der Waals surface area contributed by atoms with E-state index in [0.29, 0.717) is 27.4 Å². The number of nitrogens with two attached hydrogens (primary N) is 1. The lowest BCUT2D eigenvalue weighted by atomic mass is 10.2. The van der Waals surface area contributed by atoms with Gasteiger partial charge in [-0.2, -0.15) is 8.75 Å². The summed E-state index contributed by atoms with van der Waals surface area (Å²) in [4.78, 5) is 10.4. The van der Waals surface area contributed by atoms with Crippen molar-refractivity contribution in [2.75, 3.05) is 11.1 Å². The molecule has 2 aromatic carbocycles. The topological polar surface area (TPSA) is 107 Å². The molecule has 0 aliphatic rings. The van der Waals surface area contributed by atoms with Gasteiger partial charge in [0.1, 0.15) is 11.0 Å². The van der Waals surface area contributed by atoms with Gasteiger partial charge in [0.2, 0.25) is 0 Å². The predicted octanol–water partition coefficient (Wildman–Crippen LogP) is 3.58. The Balaban J connectivity index is 2.08. The zero-order valence-electron chi connectivity index (χ0n) is 10.4. The van der Waals surface area contributed by atoms with E-state index in [1.807, 2.05) is 0 Å². The minimum absolute atomic E-state index is 0.0998. The Morgan fingerprint density at radius 2 is 2.10 bits per heavy atom. The van der Waals surface area contributed by atoms with Crippen molar-refractivity contribution in [2.24, 2.45) is 0 Å². The number of rotatable bonds is 3. The number of hydrogen-bond acceptors (Lipinski definition) is 7. The van der Waals surface area contributed by atoms with E-state index in [-0.39, 0.29) is 11.4 Å². The molecule has 0 bridgehead atoms. The van der Waals surface area contributed by atoms with Crippen LogP contribution in [0.1, 0.15) is 0 Å². The molecule has 0 aliphatic carbocycles. The smallest absolute Gasteiger partial charge is 0.273 e. The molecular formula is C12H8ClN5O2S. The maximum absolute atomic E-state index is 10.9. The van der Waals surface area contributed by atoms with Crippen LogP contribution in [0, 0.1) is 10.1 Å². The second-order valence-corrected chi connectivity index (χ2v) is 5.19. The van der Waals surface area contributed by atoms with Crippen LogP contribution in [0.5, 0.6) is 0 Å². The van der Waals surface area contributed by atoms with Crippen LogP contribution in [0.15, 0.2) is 30.3 Å². The highest BCUT2D eigenvalue weighted by atomic mass is 35.5. The second kappa shape index (κ2) is 5.15. The van der Waals surface area contributed by atoms with E-state index < -0.39 is 4.92 Å². The normalized spacial score (nSPS) is 10.7. The van der Waals surface area contributed by atoms with E-state index >= 15 is 0 Å². The van der Waals surface area contributed by atoms with E-state index in [1.165, 1.54) is 12.1 Å². The number of benzene rings is 2. The fraction of sp³-hybridized carbons (Fsp3) is 0. The number of fused-ring (bicyclic) bond motifs is 1. The first kappa shape index (κ1) is 13.5. The molecule has 3 rings (SSSR count). The number of anilines is 3. The SMILES string of the molecule is Nc1cc(Nc2c(Cl)ccc3nsnc23)cc([N+](=O)[O-])c1. The Morgan fingerprint density at radius 3 is 2.86 bits per heavy atom. The van der Waals surface area contributed by atoms with Crippen molar-refractivity contribution in [1.29, 1.82) is 0 Å². The van der Waals surface area contributed by atoms with Gasteiger partial charge in [-0.05, 0) is 18.2 Å². The number of nitrogens with zero attached hydrogens (tertiary/aromatic N) is 3. The van der Waals surface area contributed by atoms with Crippen molar-refractivity contribution in [3.63, 3.8) is 0 Å². The number of nitro benzene ring substituents is 1. The third-order valence-electron chi connectivity index (χ3n) is 2.80. The molecule has 0 saturated carbocycles. The van der Waals surface area contributed by atoms with Gasteiger partial charge in [0.15, 0.2) is 0 Å². The number of halogens is 1. The number of hydrogen-bond donors (Lipinski definition) is 2. The third kappa shape index (κ3) is 2.58. The summed E-state index contributed by atoms with van der Waals surface area (Å²) in [6.07, 6.45) is 0. The number of non-ortho nitro benzene ring substituents is 1. The fourth-order valence-electron chi connectivity index (χ4n) is 1.90. The second-order valence-electron chi connectivity index (χ2n) is 4.25. The molecule has 0 spiro atoms. The first-order valence-corrected chi connectivity index (χ1v) is 6.88. The number of nitrogen functional groups attached to an aromatic ring is 1. The lowest BCUT2D eigenvalue weighted by Crippen LogP contribution is -1.97. The van der Waals surface area contributed by atoms with Crippen LogP contribution in [-0.2, 0) is 0 Å². The molecule has 0 aliphatic heterocycles. The molecule has 1 aromatic heterocycles. The van der Waals surface area contributed by atoms with Gasteiger partial charge in [-0.15, -0.1) is 0 Å². The van der Waals surface area contributed by atoms with Gasteiger partial charge in [-0.3, -0.25) is 10.1 Å². The van der Waals surface area contributed by atoms with Crippen molar-refractivity contribution < 1.29 is 4.92 Å². The van der Waals surface area contributed by atoms with Gasteiger partial charge in [-0.1, -0.05) is 11.6 Å². The fourth-order valence-corrected chi connectivity index (χ4v) is 2.64. The average molecular weight is 322 g/mol. The Morgan fingerprint density at radius 1 is 1.29 bits per heavy atom. The van der Waals surface area contributed by atoms with Crippen LogP contribution in [0.3, 0.4) is 0 Å². The minimum atomic E-state index is -0.506. The molecule has 0 saturated heterocycles. The molecule has 0 amide bonds. The zero-order chi connectivity index (χ0) is 15.0. The Labute approximate surface area is 127 Å². The third-order valence-corrected chi connectivity index (χ3v) is 3.65. The van der Waals surface area contributed by atoms with E-state index in [9.17, 15) is 10.1 Å². The van der Waals surface area contributed by atoms with Crippen LogP contribution >= 0.6 is 23.3 Å². The summed E-state index contributed by atoms with van der Waals surface area (Å²) in [5.41, 5.74) is 8.18. The predicted molar refractivity (Wildman–Crippen MR) is 83.2 cm³/mol. The standard InChI is InChI=1S/C12H8ClN5O2S/c13-9-1-2-10-12(17-21-16-10)11(9)15-7-3-6(14)4-8(5-7)18(19)20/h1-5,15H,14H2. The summed E-state index contributed by atoms with van der Waals surface area (Å²) >= 11 is 7.23. The quantitative estimate of drug-likeness (QED) is 0.434. The van der Waals surface area contributed by atoms with E-state index in [2.05, 4.69) is 14.1 Å². The Bertz CT molecular complexity index is 851. The maximum Gasteiger partial charge on any atom is 0.273 e. The van der Waals surface area contributed by atoms with Crippen molar-refractivity contribution in [2.45, 2.75) is 0 Å². The molecule has 7 nitrogen and oxygen atoms in total. The van der Waals surface area contributed by atoms with Gasteiger partial charge in [-0.25, -0.2) is 0 Å². The molecule has 3 N–H and O–H groups in total. The van der Waals surface area contributed by atoms with Crippen LogP contribution in [0.2, 0.25) is 5.02 Å². The first-order chi connectivity index (χ1) is 10.0. The molecule has 21 heavy (non-hydrogen) atoms. The number of aromatic nitrogens is 2. The van der Waals surface area contributed by atoms with Crippen molar-refractivity contribution in [3.05, 3.63) is 45.5 Å². The number of nitro groups is 1. The van der Waals surface area contributed by atoms with Crippen LogP contribution in [-0.4, -0.2) is 13.7 Å². The molecule has 1 heterocycles. The van der Waals surface area contributed by atoms with E-state index in [0.717, 1.165) is 11.7 Å². The Kier molecular flexibility index (Phi) is 3.32. The molecule has 9 heteroatoms. The van der Waals surface area contributed by atoms with E-state index in [4.69, 9.17) is 17.3 Å². The molecule has 0 unspecified atom stereocenters. The largest absolute Gasteiger partial charge is 0.398 e. The molecular weight excluding hydrogens is 314 g/mol. The van der Waals surface area contributed by atoms with Crippen molar-refractivity contribution in [1.82, 2.24) is 8.75 Å². The zero-order valence-corrected chi connectivity index (χ0v) is 12.0. The molecule has 106 valence electrons. The van der Waals surface area contributed by atoms with Gasteiger partial charge in [0.05, 0.1) is 27.4 Å². The first-order valence-electron chi connectivity index (χ1n) is 5.77. The summed E-state index contributed by atoms with van der Waals surface area (Å²) in [6, 6.07) is 7.70. The van der Waals surface area contributed by atoms with E-state index in [1.54, 1.807) is 18.2 Å². The molecule has 0 atom stereocenters. The minimum Gasteiger partial charge on any atom is -0.398 e. The van der Waals surface area contributed by atoms with Crippen molar-refractivity contribution >= 4 is 57.1 Å². The number of nitrogens with one attached hydrogen (secondary N) is 1. The summed E-state index contributed by atoms with van der Waals surface area (Å²) < 4.78 is 8.30. The maximum atomic E-state index is 10.9. The Hall–Kier alpha value is -2.45. The van der Waals surface area contributed by atoms with Crippen molar-refractivity contribution in [3.8, 4) is 0 Å².